The molecular formula is C17H18N6O4. The van der Waals surface area contributed by atoms with Gasteiger partial charge in [0.25, 0.3) is 11.5 Å². The molecule has 0 saturated heterocycles. The van der Waals surface area contributed by atoms with Gasteiger partial charge in [0, 0.05) is 14.1 Å². The summed E-state index contributed by atoms with van der Waals surface area (Å²) in [6, 6.07) is 6.39. The van der Waals surface area contributed by atoms with Gasteiger partial charge in [0.05, 0.1) is 12.0 Å². The lowest BCUT2D eigenvalue weighted by molar-refractivity contribution is -0.121. The predicted octanol–water partition coefficient (Wildman–Crippen LogP) is -0.320. The minimum atomic E-state index is -0.526. The number of phenols is 1. The minimum Gasteiger partial charge on any atom is -0.508 e. The molecule has 0 unspecified atom stereocenters. The first kappa shape index (κ1) is 18.1. The monoisotopic (exact) mass is 370 g/mol. The van der Waals surface area contributed by atoms with Crippen molar-refractivity contribution in [2.24, 2.45) is 19.2 Å². The van der Waals surface area contributed by atoms with Gasteiger partial charge in [0.15, 0.2) is 11.2 Å². The van der Waals surface area contributed by atoms with Gasteiger partial charge in [-0.3, -0.25) is 18.7 Å². The molecule has 0 spiro atoms. The molecule has 0 aliphatic carbocycles. The van der Waals surface area contributed by atoms with Crippen molar-refractivity contribution >= 4 is 22.8 Å². The second-order valence-corrected chi connectivity index (χ2v) is 6.03. The van der Waals surface area contributed by atoms with E-state index in [2.05, 4.69) is 15.5 Å². The van der Waals surface area contributed by atoms with Gasteiger partial charge in [-0.15, -0.1) is 0 Å². The Morgan fingerprint density at radius 1 is 1.19 bits per heavy atom. The third-order valence-corrected chi connectivity index (χ3v) is 4.16. The van der Waals surface area contributed by atoms with Crippen LogP contribution in [0.15, 0.2) is 45.3 Å². The van der Waals surface area contributed by atoms with E-state index >= 15 is 0 Å². The molecule has 10 heteroatoms. The molecule has 10 nitrogen and oxygen atoms in total. The Balaban J connectivity index is 1.83. The molecule has 2 aromatic heterocycles. The maximum absolute atomic E-state index is 12.4. The number of phenolic OH excluding ortho intramolecular Hbond substituents is 1. The van der Waals surface area contributed by atoms with Crippen molar-refractivity contribution in [1.82, 2.24) is 24.1 Å². The highest BCUT2D eigenvalue weighted by Crippen LogP contribution is 2.10. The summed E-state index contributed by atoms with van der Waals surface area (Å²) in [6.45, 7) is 1.53. The smallest absolute Gasteiger partial charge is 0.332 e. The van der Waals surface area contributed by atoms with Gasteiger partial charge < -0.3 is 9.67 Å². The van der Waals surface area contributed by atoms with Gasteiger partial charge in [-0.05, 0) is 36.8 Å². The van der Waals surface area contributed by atoms with E-state index in [-0.39, 0.29) is 23.5 Å². The summed E-state index contributed by atoms with van der Waals surface area (Å²) in [5.41, 5.74) is 3.07. The molecule has 0 aliphatic rings. The van der Waals surface area contributed by atoms with Gasteiger partial charge >= 0.3 is 5.69 Å². The third kappa shape index (κ3) is 3.36. The molecule has 2 N–H and O–H groups in total. The summed E-state index contributed by atoms with van der Waals surface area (Å²) in [5, 5.41) is 13.3. The van der Waals surface area contributed by atoms with Crippen LogP contribution in [0, 0.1) is 0 Å². The number of hydrogen-bond acceptors (Lipinski definition) is 6. The molecule has 0 bridgehead atoms. The summed E-state index contributed by atoms with van der Waals surface area (Å²) in [5.74, 6) is -0.318. The highest BCUT2D eigenvalue weighted by molar-refractivity contribution is 5.99. The van der Waals surface area contributed by atoms with E-state index in [0.29, 0.717) is 5.71 Å². The molecule has 0 atom stereocenters. The van der Waals surface area contributed by atoms with Gasteiger partial charge in [-0.25, -0.2) is 15.2 Å². The fraction of sp³-hybridized carbons (Fsp3) is 0.235. The van der Waals surface area contributed by atoms with Gasteiger partial charge in [-0.1, -0.05) is 0 Å². The van der Waals surface area contributed by atoms with E-state index in [9.17, 15) is 19.5 Å². The Labute approximate surface area is 153 Å². The van der Waals surface area contributed by atoms with Crippen LogP contribution < -0.4 is 16.7 Å². The molecule has 140 valence electrons. The normalized spacial score (nSPS) is 11.7. The standard InChI is InChI=1S/C17H18N6O4/c1-10(11-4-6-12(24)7-5-11)19-20-13(25)8-23-9-18-15-14(23)16(26)22(3)17(27)21(15)2/h4-7,9,24H,8H2,1-3H3,(H,20,25). The molecule has 27 heavy (non-hydrogen) atoms. The van der Waals surface area contributed by atoms with Gasteiger partial charge in [0.2, 0.25) is 0 Å². The first-order valence-corrected chi connectivity index (χ1v) is 8.03. The number of benzene rings is 1. The second kappa shape index (κ2) is 6.90. The minimum absolute atomic E-state index is 0.138. The zero-order valence-electron chi connectivity index (χ0n) is 15.0. The number of hydrazone groups is 1. The van der Waals surface area contributed by atoms with Crippen LogP contribution >= 0.6 is 0 Å². The molecule has 0 radical (unpaired) electrons. The van der Waals surface area contributed by atoms with Crippen molar-refractivity contribution in [2.75, 3.05) is 0 Å². The molecule has 0 fully saturated rings. The van der Waals surface area contributed by atoms with Crippen LogP contribution in [-0.4, -0.2) is 35.4 Å². The van der Waals surface area contributed by atoms with E-state index in [1.807, 2.05) is 0 Å². The lowest BCUT2D eigenvalue weighted by Crippen LogP contribution is -2.38. The quantitative estimate of drug-likeness (QED) is 0.481. The van der Waals surface area contributed by atoms with E-state index in [4.69, 9.17) is 0 Å². The maximum atomic E-state index is 12.4. The van der Waals surface area contributed by atoms with Crippen LogP contribution in [0.5, 0.6) is 5.75 Å². The Morgan fingerprint density at radius 3 is 2.52 bits per heavy atom. The van der Waals surface area contributed by atoms with Crippen LogP contribution in [-0.2, 0) is 25.4 Å². The van der Waals surface area contributed by atoms with Crippen LogP contribution in [0.1, 0.15) is 12.5 Å². The number of aryl methyl sites for hydroxylation is 1. The zero-order chi connectivity index (χ0) is 19.7. The van der Waals surface area contributed by atoms with Crippen molar-refractivity contribution in [2.45, 2.75) is 13.5 Å². The van der Waals surface area contributed by atoms with E-state index in [1.165, 1.54) is 41.7 Å². The number of carbonyl (C=O) groups is 1. The number of hydrogen-bond donors (Lipinski definition) is 2. The molecule has 3 aromatic rings. The van der Waals surface area contributed by atoms with E-state index < -0.39 is 17.2 Å². The summed E-state index contributed by atoms with van der Waals surface area (Å²) in [4.78, 5) is 40.6. The van der Waals surface area contributed by atoms with Crippen molar-refractivity contribution in [3.8, 4) is 5.75 Å². The summed E-state index contributed by atoms with van der Waals surface area (Å²) >= 11 is 0. The third-order valence-electron chi connectivity index (χ3n) is 4.16. The average molecular weight is 370 g/mol. The largest absolute Gasteiger partial charge is 0.508 e. The fourth-order valence-electron chi connectivity index (χ4n) is 2.62. The van der Waals surface area contributed by atoms with Crippen molar-refractivity contribution in [3.05, 3.63) is 57.0 Å². The first-order valence-electron chi connectivity index (χ1n) is 8.03. The van der Waals surface area contributed by atoms with Crippen LogP contribution in [0.4, 0.5) is 0 Å². The molecule has 1 amide bonds. The molecule has 1 aromatic carbocycles. The predicted molar refractivity (Wildman–Crippen MR) is 98.7 cm³/mol. The number of carbonyl (C=O) groups excluding carboxylic acids is 1. The number of imidazole rings is 1. The van der Waals surface area contributed by atoms with Crippen molar-refractivity contribution in [3.63, 3.8) is 0 Å². The number of aromatic nitrogens is 4. The van der Waals surface area contributed by atoms with Crippen LogP contribution in [0.2, 0.25) is 0 Å². The highest BCUT2D eigenvalue weighted by atomic mass is 16.3. The van der Waals surface area contributed by atoms with Gasteiger partial charge in [0.1, 0.15) is 12.3 Å². The number of rotatable bonds is 4. The second-order valence-electron chi connectivity index (χ2n) is 6.03. The Kier molecular flexibility index (Phi) is 4.63. The van der Waals surface area contributed by atoms with E-state index in [1.54, 1.807) is 19.1 Å². The zero-order valence-corrected chi connectivity index (χ0v) is 15.0. The Bertz CT molecular complexity index is 1170. The number of nitrogens with one attached hydrogen (secondary N) is 1. The summed E-state index contributed by atoms with van der Waals surface area (Å²) in [6.07, 6.45) is 1.33. The molecule has 0 aliphatic heterocycles. The van der Waals surface area contributed by atoms with Crippen LogP contribution in [0.25, 0.3) is 11.2 Å². The number of nitrogens with zero attached hydrogens (tertiary/aromatic N) is 5. The maximum Gasteiger partial charge on any atom is 0.332 e. The SMILES string of the molecule is CC(=NNC(=O)Cn1cnc2c1c(=O)n(C)c(=O)n2C)c1ccc(O)cc1. The van der Waals surface area contributed by atoms with Gasteiger partial charge in [-0.2, -0.15) is 5.10 Å². The number of fused-ring (bicyclic) bond motifs is 1. The van der Waals surface area contributed by atoms with Crippen molar-refractivity contribution < 1.29 is 9.90 Å². The summed E-state index contributed by atoms with van der Waals surface area (Å²) < 4.78 is 3.58. The molecule has 2 heterocycles. The Hall–Kier alpha value is -3.69. The Morgan fingerprint density at radius 2 is 1.85 bits per heavy atom. The fourth-order valence-corrected chi connectivity index (χ4v) is 2.62. The topological polar surface area (TPSA) is 124 Å². The lowest BCUT2D eigenvalue weighted by Gasteiger charge is -2.06. The molecule has 0 saturated carbocycles. The number of amides is 1. The summed E-state index contributed by atoms with van der Waals surface area (Å²) in [7, 11) is 2.87. The lowest BCUT2D eigenvalue weighted by atomic mass is 10.1. The average Bonchev–Trinajstić information content (AvgIpc) is 3.07. The molecule has 3 rings (SSSR count). The van der Waals surface area contributed by atoms with Crippen LogP contribution in [0.3, 0.4) is 0 Å². The molecular weight excluding hydrogens is 352 g/mol. The van der Waals surface area contributed by atoms with E-state index in [0.717, 1.165) is 10.1 Å². The first-order chi connectivity index (χ1) is 12.8. The number of aromatic hydroxyl groups is 1. The highest BCUT2D eigenvalue weighted by Gasteiger charge is 2.15. The van der Waals surface area contributed by atoms with Crippen molar-refractivity contribution in [1.29, 1.82) is 0 Å².